The van der Waals surface area contributed by atoms with Crippen molar-refractivity contribution >= 4 is 17.7 Å². The molecule has 4 N–H and O–H groups in total. The van der Waals surface area contributed by atoms with E-state index in [1.165, 1.54) is 25.3 Å². The Hall–Kier alpha value is -3.03. The molecule has 0 aliphatic rings. The van der Waals surface area contributed by atoms with Gasteiger partial charge in [-0.05, 0) is 12.1 Å². The highest BCUT2D eigenvalue weighted by atomic mass is 16.5. The van der Waals surface area contributed by atoms with Crippen molar-refractivity contribution in [2.45, 2.75) is 6.54 Å². The summed E-state index contributed by atoms with van der Waals surface area (Å²) in [6.45, 7) is 0.326. The van der Waals surface area contributed by atoms with Crippen molar-refractivity contribution in [1.82, 2.24) is 15.5 Å². The molecule has 0 unspecified atom stereocenters. The number of carbonyl (C=O) groups is 2. The van der Waals surface area contributed by atoms with Crippen molar-refractivity contribution in [1.29, 1.82) is 0 Å². The van der Waals surface area contributed by atoms with Gasteiger partial charge in [-0.25, -0.2) is 9.59 Å². The van der Waals surface area contributed by atoms with Gasteiger partial charge in [0, 0.05) is 30.1 Å². The van der Waals surface area contributed by atoms with Crippen molar-refractivity contribution in [3.63, 3.8) is 0 Å². The van der Waals surface area contributed by atoms with E-state index in [2.05, 4.69) is 20.8 Å². The van der Waals surface area contributed by atoms with E-state index in [4.69, 9.17) is 9.84 Å². The van der Waals surface area contributed by atoms with Gasteiger partial charge in [0.1, 0.15) is 11.3 Å². The van der Waals surface area contributed by atoms with E-state index in [9.17, 15) is 9.59 Å². The van der Waals surface area contributed by atoms with Crippen LogP contribution in [0.1, 0.15) is 15.9 Å². The fourth-order valence-electron chi connectivity index (χ4n) is 1.68. The van der Waals surface area contributed by atoms with Gasteiger partial charge in [0.15, 0.2) is 0 Å². The Kier molecular flexibility index (Phi) is 4.39. The number of urea groups is 1. The number of anilines is 1. The second-order valence-corrected chi connectivity index (χ2v) is 4.13. The number of aromatic amines is 1. The Morgan fingerprint density at radius 3 is 2.86 bits per heavy atom. The number of aromatic nitrogens is 2. The molecule has 0 saturated carbocycles. The van der Waals surface area contributed by atoms with Gasteiger partial charge in [0.05, 0.1) is 13.3 Å². The maximum Gasteiger partial charge on any atom is 0.339 e. The van der Waals surface area contributed by atoms with Crippen molar-refractivity contribution in [3.8, 4) is 5.75 Å². The molecule has 21 heavy (non-hydrogen) atoms. The summed E-state index contributed by atoms with van der Waals surface area (Å²) in [5.41, 5.74) is 1.30. The lowest BCUT2D eigenvalue weighted by atomic mass is 10.2. The number of H-pyrrole nitrogens is 1. The number of hydrogen-bond donors (Lipinski definition) is 4. The van der Waals surface area contributed by atoms with Gasteiger partial charge in [0.2, 0.25) is 0 Å². The lowest BCUT2D eigenvalue weighted by molar-refractivity contribution is 0.0693. The molecule has 0 radical (unpaired) electrons. The molecule has 0 saturated heterocycles. The van der Waals surface area contributed by atoms with Crippen LogP contribution in [0.3, 0.4) is 0 Å². The predicted octanol–water partition coefficient (Wildman–Crippen LogP) is 1.44. The highest BCUT2D eigenvalue weighted by Crippen LogP contribution is 2.23. The van der Waals surface area contributed by atoms with Crippen LogP contribution in [0, 0.1) is 0 Å². The highest BCUT2D eigenvalue weighted by Gasteiger charge is 2.12. The van der Waals surface area contributed by atoms with Crippen molar-refractivity contribution in [2.24, 2.45) is 0 Å². The number of carbonyl (C=O) groups excluding carboxylic acids is 1. The van der Waals surface area contributed by atoms with E-state index in [0.717, 1.165) is 5.56 Å². The second kappa shape index (κ2) is 6.42. The van der Waals surface area contributed by atoms with Gasteiger partial charge in [-0.15, -0.1) is 0 Å². The van der Waals surface area contributed by atoms with E-state index < -0.39 is 12.0 Å². The molecule has 0 aliphatic carbocycles. The first-order chi connectivity index (χ1) is 10.1. The summed E-state index contributed by atoms with van der Waals surface area (Å²) in [6.07, 6.45) is 3.27. The number of hydrogen-bond acceptors (Lipinski definition) is 4. The summed E-state index contributed by atoms with van der Waals surface area (Å²) in [5, 5.41) is 20.6. The smallest absolute Gasteiger partial charge is 0.339 e. The number of methoxy groups -OCH3 is 1. The normalized spacial score (nSPS) is 9.95. The molecular formula is C13H14N4O4. The van der Waals surface area contributed by atoms with Crippen molar-refractivity contribution < 1.29 is 19.4 Å². The number of rotatable bonds is 5. The number of ether oxygens (including phenoxy) is 1. The Morgan fingerprint density at radius 1 is 1.43 bits per heavy atom. The summed E-state index contributed by atoms with van der Waals surface area (Å²) >= 11 is 0. The minimum Gasteiger partial charge on any atom is -0.496 e. The number of carboxylic acids is 1. The lowest BCUT2D eigenvalue weighted by Gasteiger charge is -2.10. The molecule has 0 atom stereocenters. The molecular weight excluding hydrogens is 276 g/mol. The Morgan fingerprint density at radius 2 is 2.24 bits per heavy atom. The van der Waals surface area contributed by atoms with Gasteiger partial charge in [-0.1, -0.05) is 0 Å². The molecule has 0 aliphatic heterocycles. The van der Waals surface area contributed by atoms with Crippen LogP contribution in [0.15, 0.2) is 30.6 Å². The molecule has 1 heterocycles. The number of aromatic carboxylic acids is 1. The SMILES string of the molecule is COc1cc(NC(=O)NCc2cn[nH]c2)ccc1C(=O)O. The summed E-state index contributed by atoms with van der Waals surface area (Å²) in [7, 11) is 1.37. The number of nitrogens with one attached hydrogen (secondary N) is 3. The topological polar surface area (TPSA) is 116 Å². The minimum absolute atomic E-state index is 0.0295. The zero-order valence-corrected chi connectivity index (χ0v) is 11.2. The summed E-state index contributed by atoms with van der Waals surface area (Å²) < 4.78 is 4.98. The largest absolute Gasteiger partial charge is 0.496 e. The number of benzene rings is 1. The van der Waals surface area contributed by atoms with Gasteiger partial charge in [-0.2, -0.15) is 5.10 Å². The first-order valence-corrected chi connectivity index (χ1v) is 6.04. The third-order valence-electron chi connectivity index (χ3n) is 2.70. The second-order valence-electron chi connectivity index (χ2n) is 4.13. The maximum absolute atomic E-state index is 11.7. The molecule has 2 aromatic rings. The van der Waals surface area contributed by atoms with Crippen LogP contribution in [0.5, 0.6) is 5.75 Å². The molecule has 1 aromatic heterocycles. The zero-order chi connectivity index (χ0) is 15.2. The van der Waals surface area contributed by atoms with Gasteiger partial charge >= 0.3 is 12.0 Å². The molecule has 0 fully saturated rings. The standard InChI is InChI=1S/C13H14N4O4/c1-21-11-4-9(2-3-10(11)12(18)19)17-13(20)14-5-8-6-15-16-7-8/h2-4,6-7H,5H2,1H3,(H,15,16)(H,18,19)(H2,14,17,20). The quantitative estimate of drug-likeness (QED) is 0.665. The van der Waals surface area contributed by atoms with Crippen LogP contribution in [0.2, 0.25) is 0 Å². The molecule has 2 rings (SSSR count). The minimum atomic E-state index is -1.09. The van der Waals surface area contributed by atoms with Crippen molar-refractivity contribution in [2.75, 3.05) is 12.4 Å². The van der Waals surface area contributed by atoms with Crippen molar-refractivity contribution in [3.05, 3.63) is 41.7 Å². The van der Waals surface area contributed by atoms with E-state index in [1.807, 2.05) is 0 Å². The van der Waals surface area contributed by atoms with Crippen LogP contribution in [-0.4, -0.2) is 34.4 Å². The molecule has 110 valence electrons. The van der Waals surface area contributed by atoms with Crippen LogP contribution >= 0.6 is 0 Å². The van der Waals surface area contributed by atoms with E-state index in [0.29, 0.717) is 12.2 Å². The zero-order valence-electron chi connectivity index (χ0n) is 11.2. The molecule has 0 bridgehead atoms. The molecule has 1 aromatic carbocycles. The predicted molar refractivity (Wildman–Crippen MR) is 74.4 cm³/mol. The Bertz CT molecular complexity index is 640. The van der Waals surface area contributed by atoms with E-state index >= 15 is 0 Å². The summed E-state index contributed by atoms with van der Waals surface area (Å²) in [6, 6.07) is 3.89. The number of nitrogens with zero attached hydrogens (tertiary/aromatic N) is 1. The highest BCUT2D eigenvalue weighted by molar-refractivity contribution is 5.94. The lowest BCUT2D eigenvalue weighted by Crippen LogP contribution is -2.28. The van der Waals surface area contributed by atoms with Crippen LogP contribution in [0.4, 0.5) is 10.5 Å². The van der Waals surface area contributed by atoms with Crippen LogP contribution in [0.25, 0.3) is 0 Å². The van der Waals surface area contributed by atoms with E-state index in [-0.39, 0.29) is 11.3 Å². The Balaban J connectivity index is 1.99. The maximum atomic E-state index is 11.7. The first-order valence-electron chi connectivity index (χ1n) is 6.04. The monoisotopic (exact) mass is 290 g/mol. The summed E-state index contributed by atoms with van der Waals surface area (Å²) in [5.74, 6) is -0.919. The summed E-state index contributed by atoms with van der Waals surface area (Å²) in [4.78, 5) is 22.7. The average Bonchev–Trinajstić information content (AvgIpc) is 2.98. The first kappa shape index (κ1) is 14.4. The van der Waals surface area contributed by atoms with Crippen LogP contribution < -0.4 is 15.4 Å². The molecule has 2 amide bonds. The molecule has 8 nitrogen and oxygen atoms in total. The van der Waals surface area contributed by atoms with Gasteiger partial charge in [-0.3, -0.25) is 5.10 Å². The number of carboxylic acid groups (broad SMARTS) is 1. The van der Waals surface area contributed by atoms with Crippen LogP contribution in [-0.2, 0) is 6.54 Å². The molecule has 8 heteroatoms. The van der Waals surface area contributed by atoms with E-state index in [1.54, 1.807) is 12.4 Å². The molecule has 0 spiro atoms. The van der Waals surface area contributed by atoms with Gasteiger partial charge in [0.25, 0.3) is 0 Å². The average molecular weight is 290 g/mol. The third kappa shape index (κ3) is 3.72. The third-order valence-corrected chi connectivity index (χ3v) is 2.70. The fourth-order valence-corrected chi connectivity index (χ4v) is 1.68. The fraction of sp³-hybridized carbons (Fsp3) is 0.154. The Labute approximate surface area is 120 Å². The van der Waals surface area contributed by atoms with Gasteiger partial charge < -0.3 is 20.5 Å². The number of amides is 2.